The number of hydrogen-bond donors (Lipinski definition) is 0. The molecule has 0 fully saturated rings. The van der Waals surface area contributed by atoms with E-state index in [0.29, 0.717) is 5.88 Å². The first kappa shape index (κ1) is 13.6. The number of aromatic nitrogens is 3. The van der Waals surface area contributed by atoms with Gasteiger partial charge < -0.3 is 9.47 Å². The van der Waals surface area contributed by atoms with E-state index in [4.69, 9.17) is 9.47 Å². The summed E-state index contributed by atoms with van der Waals surface area (Å²) in [7, 11) is 3.27. The van der Waals surface area contributed by atoms with E-state index in [-0.39, 0.29) is 0 Å². The van der Waals surface area contributed by atoms with Crippen molar-refractivity contribution in [1.29, 1.82) is 0 Å². The van der Waals surface area contributed by atoms with Crippen LogP contribution in [-0.2, 0) is 0 Å². The van der Waals surface area contributed by atoms with Crippen LogP contribution in [0.5, 0.6) is 11.6 Å². The van der Waals surface area contributed by atoms with E-state index in [0.717, 1.165) is 33.4 Å². The lowest BCUT2D eigenvalue weighted by Gasteiger charge is -2.09. The molecule has 5 nitrogen and oxygen atoms in total. The number of hydrogen-bond acceptors (Lipinski definition) is 4. The molecule has 0 spiro atoms. The molecule has 2 heterocycles. The van der Waals surface area contributed by atoms with Crippen molar-refractivity contribution in [2.45, 2.75) is 0 Å². The van der Waals surface area contributed by atoms with Crippen molar-refractivity contribution in [1.82, 2.24) is 14.5 Å². The Balaban J connectivity index is 2.05. The molecule has 0 aliphatic rings. The van der Waals surface area contributed by atoms with Crippen molar-refractivity contribution >= 4 is 21.9 Å². The molecule has 0 unspecified atom stereocenters. The number of para-hydroxylation sites is 1. The van der Waals surface area contributed by atoms with Gasteiger partial charge in [-0.25, -0.2) is 9.97 Å². The minimum Gasteiger partial charge on any atom is -0.497 e. The lowest BCUT2D eigenvalue weighted by molar-refractivity contribution is 0.404. The summed E-state index contributed by atoms with van der Waals surface area (Å²) in [6.45, 7) is 0. The normalized spacial score (nSPS) is 11.0. The molecule has 0 atom stereocenters. The molecule has 2 aromatic carbocycles. The number of rotatable bonds is 3. The Morgan fingerprint density at radius 3 is 2.43 bits per heavy atom. The maximum Gasteiger partial charge on any atom is 0.242 e. The van der Waals surface area contributed by atoms with Gasteiger partial charge in [-0.1, -0.05) is 18.2 Å². The van der Waals surface area contributed by atoms with E-state index in [1.165, 1.54) is 0 Å². The lowest BCUT2D eigenvalue weighted by Crippen LogP contribution is -1.95. The Labute approximate surface area is 133 Å². The molecule has 0 radical (unpaired) electrons. The molecule has 4 aromatic rings. The van der Waals surface area contributed by atoms with E-state index in [1.807, 2.05) is 53.1 Å². The summed E-state index contributed by atoms with van der Waals surface area (Å²) in [5, 5.41) is 1.04. The van der Waals surface area contributed by atoms with Gasteiger partial charge in [0.1, 0.15) is 12.1 Å². The van der Waals surface area contributed by atoms with Gasteiger partial charge in [0, 0.05) is 11.1 Å². The zero-order valence-corrected chi connectivity index (χ0v) is 12.9. The molecule has 0 aliphatic carbocycles. The third-order valence-corrected chi connectivity index (χ3v) is 3.90. The highest BCUT2D eigenvalue weighted by molar-refractivity contribution is 6.05. The molecular weight excluding hydrogens is 290 g/mol. The predicted molar refractivity (Wildman–Crippen MR) is 89.5 cm³/mol. The standard InChI is InChI=1S/C18H15N3O2/c1-22-13-9-7-12(8-10-13)21-11-19-16-17(21)14-5-3-4-6-15(14)20-18(16)23-2/h3-11H,1-2H3. The summed E-state index contributed by atoms with van der Waals surface area (Å²) in [5.74, 6) is 1.35. The highest BCUT2D eigenvalue weighted by Crippen LogP contribution is 2.31. The summed E-state index contributed by atoms with van der Waals surface area (Å²) in [5.41, 5.74) is 3.62. The van der Waals surface area contributed by atoms with Crippen LogP contribution in [0.15, 0.2) is 54.9 Å². The van der Waals surface area contributed by atoms with Crippen LogP contribution in [0.1, 0.15) is 0 Å². The fraction of sp³-hybridized carbons (Fsp3) is 0.111. The van der Waals surface area contributed by atoms with Crippen molar-refractivity contribution in [2.24, 2.45) is 0 Å². The van der Waals surface area contributed by atoms with Crippen LogP contribution in [0.4, 0.5) is 0 Å². The predicted octanol–water partition coefficient (Wildman–Crippen LogP) is 3.59. The van der Waals surface area contributed by atoms with Gasteiger partial charge in [0.25, 0.3) is 0 Å². The van der Waals surface area contributed by atoms with Gasteiger partial charge >= 0.3 is 0 Å². The van der Waals surface area contributed by atoms with Crippen molar-refractivity contribution < 1.29 is 9.47 Å². The topological polar surface area (TPSA) is 49.2 Å². The summed E-state index contributed by atoms with van der Waals surface area (Å²) in [6.07, 6.45) is 1.79. The largest absolute Gasteiger partial charge is 0.497 e. The number of ether oxygens (including phenoxy) is 2. The highest BCUT2D eigenvalue weighted by Gasteiger charge is 2.15. The first-order valence-corrected chi connectivity index (χ1v) is 7.26. The third kappa shape index (κ3) is 2.09. The van der Waals surface area contributed by atoms with Gasteiger partial charge in [-0.3, -0.25) is 4.57 Å². The SMILES string of the molecule is COc1ccc(-n2cnc3c(OC)nc4ccccc4c32)cc1. The van der Waals surface area contributed by atoms with Gasteiger partial charge in [0.05, 0.1) is 25.3 Å². The van der Waals surface area contributed by atoms with Crippen LogP contribution < -0.4 is 9.47 Å². The molecule has 0 N–H and O–H groups in total. The molecule has 23 heavy (non-hydrogen) atoms. The molecular formula is C18H15N3O2. The molecule has 5 heteroatoms. The van der Waals surface area contributed by atoms with E-state index in [9.17, 15) is 0 Å². The highest BCUT2D eigenvalue weighted by atomic mass is 16.5. The third-order valence-electron chi connectivity index (χ3n) is 3.90. The molecule has 114 valence electrons. The molecule has 4 rings (SSSR count). The van der Waals surface area contributed by atoms with E-state index in [1.54, 1.807) is 20.5 Å². The summed E-state index contributed by atoms with van der Waals surface area (Å²) < 4.78 is 12.7. The molecule has 0 saturated carbocycles. The average molecular weight is 305 g/mol. The summed E-state index contributed by atoms with van der Waals surface area (Å²) in [4.78, 5) is 9.04. The number of pyridine rings is 1. The van der Waals surface area contributed by atoms with Crippen LogP contribution in [0.25, 0.3) is 27.6 Å². The lowest BCUT2D eigenvalue weighted by atomic mass is 10.2. The van der Waals surface area contributed by atoms with Crippen LogP contribution in [-0.4, -0.2) is 28.8 Å². The Hall–Kier alpha value is -3.08. The molecule has 0 bridgehead atoms. The van der Waals surface area contributed by atoms with E-state index < -0.39 is 0 Å². The van der Waals surface area contributed by atoms with Crippen LogP contribution >= 0.6 is 0 Å². The smallest absolute Gasteiger partial charge is 0.242 e. The second kappa shape index (κ2) is 5.28. The van der Waals surface area contributed by atoms with Gasteiger partial charge in [-0.2, -0.15) is 0 Å². The second-order valence-corrected chi connectivity index (χ2v) is 5.15. The summed E-state index contributed by atoms with van der Waals surface area (Å²) in [6, 6.07) is 15.9. The minimum absolute atomic E-state index is 0.533. The Morgan fingerprint density at radius 1 is 0.913 bits per heavy atom. The average Bonchev–Trinajstić information content (AvgIpc) is 3.06. The first-order valence-electron chi connectivity index (χ1n) is 7.26. The number of fused-ring (bicyclic) bond motifs is 3. The number of nitrogens with zero attached hydrogens (tertiary/aromatic N) is 3. The molecule has 0 amide bonds. The molecule has 0 aliphatic heterocycles. The van der Waals surface area contributed by atoms with Crippen LogP contribution in [0.3, 0.4) is 0 Å². The zero-order valence-electron chi connectivity index (χ0n) is 12.9. The zero-order chi connectivity index (χ0) is 15.8. The van der Waals surface area contributed by atoms with Gasteiger partial charge in [-0.15, -0.1) is 0 Å². The van der Waals surface area contributed by atoms with Crippen molar-refractivity contribution in [3.63, 3.8) is 0 Å². The molecule has 2 aromatic heterocycles. The number of benzene rings is 2. The van der Waals surface area contributed by atoms with Crippen molar-refractivity contribution in [3.05, 3.63) is 54.9 Å². The first-order chi connectivity index (χ1) is 11.3. The Kier molecular flexibility index (Phi) is 3.12. The minimum atomic E-state index is 0.533. The summed E-state index contributed by atoms with van der Waals surface area (Å²) >= 11 is 0. The molecule has 0 saturated heterocycles. The monoisotopic (exact) mass is 305 g/mol. The van der Waals surface area contributed by atoms with Crippen molar-refractivity contribution in [2.75, 3.05) is 14.2 Å². The van der Waals surface area contributed by atoms with Crippen LogP contribution in [0.2, 0.25) is 0 Å². The fourth-order valence-corrected chi connectivity index (χ4v) is 2.78. The van der Waals surface area contributed by atoms with Crippen LogP contribution in [0, 0.1) is 0 Å². The quantitative estimate of drug-likeness (QED) is 0.580. The van der Waals surface area contributed by atoms with E-state index >= 15 is 0 Å². The maximum absolute atomic E-state index is 5.41. The number of imidazole rings is 1. The fourth-order valence-electron chi connectivity index (χ4n) is 2.78. The van der Waals surface area contributed by atoms with Gasteiger partial charge in [0.2, 0.25) is 5.88 Å². The Bertz CT molecular complexity index is 990. The van der Waals surface area contributed by atoms with Gasteiger partial charge in [-0.05, 0) is 30.3 Å². The van der Waals surface area contributed by atoms with Gasteiger partial charge in [0.15, 0.2) is 5.52 Å². The Morgan fingerprint density at radius 2 is 1.70 bits per heavy atom. The maximum atomic E-state index is 5.41. The van der Waals surface area contributed by atoms with E-state index in [2.05, 4.69) is 9.97 Å². The van der Waals surface area contributed by atoms with Crippen molar-refractivity contribution in [3.8, 4) is 17.3 Å². The number of methoxy groups -OCH3 is 2. The second-order valence-electron chi connectivity index (χ2n) is 5.15.